The van der Waals surface area contributed by atoms with Gasteiger partial charge >= 0.3 is 0 Å². The first kappa shape index (κ1) is 15.3. The molecule has 0 aromatic carbocycles. The molecule has 1 unspecified atom stereocenters. The summed E-state index contributed by atoms with van der Waals surface area (Å²) in [5.74, 6) is -1.21. The summed E-state index contributed by atoms with van der Waals surface area (Å²) in [4.78, 5) is 3.57. The molecule has 0 aliphatic carbocycles. The van der Waals surface area contributed by atoms with Gasteiger partial charge in [0, 0.05) is 18.8 Å². The van der Waals surface area contributed by atoms with Gasteiger partial charge in [-0.3, -0.25) is 0 Å². The SMILES string of the molecule is CCN(C1CCS(=O)(=O)C1)S(=O)(=O)c1ncccc1F. The molecule has 112 valence electrons. The molecule has 1 fully saturated rings. The van der Waals surface area contributed by atoms with Crippen LogP contribution in [0.1, 0.15) is 13.3 Å². The van der Waals surface area contributed by atoms with E-state index in [0.29, 0.717) is 0 Å². The highest BCUT2D eigenvalue weighted by Crippen LogP contribution is 2.24. The summed E-state index contributed by atoms with van der Waals surface area (Å²) in [6.45, 7) is 1.65. The lowest BCUT2D eigenvalue weighted by atomic mass is 10.3. The molecule has 2 rings (SSSR count). The number of aromatic nitrogens is 1. The van der Waals surface area contributed by atoms with Gasteiger partial charge in [0.25, 0.3) is 10.0 Å². The molecule has 1 atom stereocenters. The highest BCUT2D eigenvalue weighted by molar-refractivity contribution is 7.92. The molecule has 1 saturated heterocycles. The standard InChI is InChI=1S/C11H15FN2O4S2/c1-2-14(9-5-7-19(15,16)8-9)20(17,18)11-10(12)4-3-6-13-11/h3-4,6,9H,2,5,7-8H2,1H3. The van der Waals surface area contributed by atoms with Crippen LogP contribution in [0, 0.1) is 5.82 Å². The maximum absolute atomic E-state index is 13.6. The summed E-state index contributed by atoms with van der Waals surface area (Å²) in [7, 11) is -7.36. The van der Waals surface area contributed by atoms with E-state index in [9.17, 15) is 21.2 Å². The van der Waals surface area contributed by atoms with Crippen LogP contribution in [0.5, 0.6) is 0 Å². The molecule has 0 spiro atoms. The molecule has 1 aromatic heterocycles. The van der Waals surface area contributed by atoms with Crippen molar-refractivity contribution in [3.63, 3.8) is 0 Å². The van der Waals surface area contributed by atoms with E-state index in [1.807, 2.05) is 0 Å². The summed E-state index contributed by atoms with van der Waals surface area (Å²) in [5.41, 5.74) is 0. The van der Waals surface area contributed by atoms with Gasteiger partial charge in [-0.05, 0) is 18.6 Å². The second kappa shape index (κ2) is 5.38. The van der Waals surface area contributed by atoms with Crippen molar-refractivity contribution in [2.45, 2.75) is 24.4 Å². The fourth-order valence-corrected chi connectivity index (χ4v) is 5.77. The third-order valence-electron chi connectivity index (χ3n) is 3.21. The lowest BCUT2D eigenvalue weighted by molar-refractivity contribution is 0.350. The van der Waals surface area contributed by atoms with Crippen molar-refractivity contribution in [3.05, 3.63) is 24.1 Å². The number of nitrogens with zero attached hydrogens (tertiary/aromatic N) is 2. The van der Waals surface area contributed by atoms with Crippen LogP contribution < -0.4 is 0 Å². The van der Waals surface area contributed by atoms with Crippen molar-refractivity contribution in [1.29, 1.82) is 0 Å². The number of sulfone groups is 1. The van der Waals surface area contributed by atoms with E-state index in [-0.39, 0.29) is 24.5 Å². The zero-order chi connectivity index (χ0) is 15.0. The summed E-state index contributed by atoms with van der Waals surface area (Å²) in [5, 5.41) is -0.661. The normalized spacial score (nSPS) is 22.2. The average Bonchev–Trinajstić information content (AvgIpc) is 2.70. The Balaban J connectivity index is 2.39. The molecule has 0 N–H and O–H groups in total. The first-order valence-corrected chi connectivity index (χ1v) is 9.37. The topological polar surface area (TPSA) is 84.4 Å². The van der Waals surface area contributed by atoms with Crippen LogP contribution in [0.15, 0.2) is 23.4 Å². The van der Waals surface area contributed by atoms with Crippen LogP contribution in [0.2, 0.25) is 0 Å². The van der Waals surface area contributed by atoms with Crippen LogP contribution >= 0.6 is 0 Å². The van der Waals surface area contributed by atoms with E-state index >= 15 is 0 Å². The van der Waals surface area contributed by atoms with Crippen molar-refractivity contribution in [3.8, 4) is 0 Å². The molecule has 0 amide bonds. The van der Waals surface area contributed by atoms with Crippen LogP contribution in [0.3, 0.4) is 0 Å². The highest BCUT2D eigenvalue weighted by atomic mass is 32.2. The van der Waals surface area contributed by atoms with Gasteiger partial charge in [-0.1, -0.05) is 6.92 Å². The predicted octanol–water partition coefficient (Wildman–Crippen LogP) is 0.418. The van der Waals surface area contributed by atoms with Gasteiger partial charge in [0.1, 0.15) is 0 Å². The number of halogens is 1. The van der Waals surface area contributed by atoms with Gasteiger partial charge in [0.15, 0.2) is 15.7 Å². The molecular weight excluding hydrogens is 307 g/mol. The van der Waals surface area contributed by atoms with Gasteiger partial charge in [-0.2, -0.15) is 4.31 Å². The van der Waals surface area contributed by atoms with Gasteiger partial charge in [0.2, 0.25) is 5.03 Å². The average molecular weight is 322 g/mol. The van der Waals surface area contributed by atoms with Crippen molar-refractivity contribution in [1.82, 2.24) is 9.29 Å². The van der Waals surface area contributed by atoms with E-state index in [4.69, 9.17) is 0 Å². The summed E-state index contributed by atoms with van der Waals surface area (Å²) >= 11 is 0. The quantitative estimate of drug-likeness (QED) is 0.802. The van der Waals surface area contributed by atoms with Crippen molar-refractivity contribution in [2.75, 3.05) is 18.1 Å². The number of rotatable bonds is 4. The number of sulfonamides is 1. The second-order valence-electron chi connectivity index (χ2n) is 4.56. The zero-order valence-corrected chi connectivity index (χ0v) is 12.5. The van der Waals surface area contributed by atoms with Crippen molar-refractivity contribution >= 4 is 19.9 Å². The maximum atomic E-state index is 13.6. The van der Waals surface area contributed by atoms with Gasteiger partial charge in [-0.25, -0.2) is 26.2 Å². The Kier molecular flexibility index (Phi) is 4.12. The van der Waals surface area contributed by atoms with E-state index in [0.717, 1.165) is 10.4 Å². The summed E-state index contributed by atoms with van der Waals surface area (Å²) in [6.07, 6.45) is 1.42. The Morgan fingerprint density at radius 3 is 2.70 bits per heavy atom. The molecule has 20 heavy (non-hydrogen) atoms. The van der Waals surface area contributed by atoms with E-state index in [1.165, 1.54) is 12.3 Å². The monoisotopic (exact) mass is 322 g/mol. The Bertz CT molecular complexity index is 703. The number of hydrogen-bond donors (Lipinski definition) is 0. The minimum Gasteiger partial charge on any atom is -0.241 e. The molecule has 1 aromatic rings. The van der Waals surface area contributed by atoms with E-state index in [1.54, 1.807) is 6.92 Å². The largest absolute Gasteiger partial charge is 0.263 e. The fourth-order valence-electron chi connectivity index (χ4n) is 2.30. The first-order chi connectivity index (χ1) is 9.28. The Labute approximate surface area is 117 Å². The maximum Gasteiger partial charge on any atom is 0.263 e. The molecule has 0 saturated carbocycles. The first-order valence-electron chi connectivity index (χ1n) is 6.10. The molecule has 2 heterocycles. The highest BCUT2D eigenvalue weighted by Gasteiger charge is 2.39. The molecule has 0 bridgehead atoms. The lowest BCUT2D eigenvalue weighted by Crippen LogP contribution is -2.41. The molecule has 0 radical (unpaired) electrons. The Hall–Kier alpha value is -1.06. The molecule has 1 aliphatic heterocycles. The van der Waals surface area contributed by atoms with E-state index in [2.05, 4.69) is 4.98 Å². The predicted molar refractivity (Wildman–Crippen MR) is 70.8 cm³/mol. The van der Waals surface area contributed by atoms with Gasteiger partial charge in [0.05, 0.1) is 11.5 Å². The lowest BCUT2D eigenvalue weighted by Gasteiger charge is -2.25. The minimum absolute atomic E-state index is 0.0472. The third-order valence-corrected chi connectivity index (χ3v) is 6.92. The van der Waals surface area contributed by atoms with Gasteiger partial charge in [-0.15, -0.1) is 0 Å². The molecule has 9 heteroatoms. The van der Waals surface area contributed by atoms with E-state index < -0.39 is 36.7 Å². The second-order valence-corrected chi connectivity index (χ2v) is 8.59. The fraction of sp³-hybridized carbons (Fsp3) is 0.545. The van der Waals surface area contributed by atoms with Crippen molar-refractivity contribution in [2.24, 2.45) is 0 Å². The van der Waals surface area contributed by atoms with Crippen LogP contribution in [0.25, 0.3) is 0 Å². The van der Waals surface area contributed by atoms with Gasteiger partial charge < -0.3 is 0 Å². The minimum atomic E-state index is -4.13. The Morgan fingerprint density at radius 2 is 2.20 bits per heavy atom. The van der Waals surface area contributed by atoms with Crippen LogP contribution in [0.4, 0.5) is 4.39 Å². The summed E-state index contributed by atoms with van der Waals surface area (Å²) in [6, 6.07) is 1.65. The zero-order valence-electron chi connectivity index (χ0n) is 10.9. The van der Waals surface area contributed by atoms with Crippen LogP contribution in [-0.2, 0) is 19.9 Å². The number of pyridine rings is 1. The Morgan fingerprint density at radius 1 is 1.50 bits per heavy atom. The number of hydrogen-bond acceptors (Lipinski definition) is 5. The summed E-state index contributed by atoms with van der Waals surface area (Å²) < 4.78 is 62.4. The molecular formula is C11H15FN2O4S2. The molecule has 1 aliphatic rings. The molecule has 6 nitrogen and oxygen atoms in total. The third kappa shape index (κ3) is 2.84. The van der Waals surface area contributed by atoms with Crippen LogP contribution in [-0.4, -0.2) is 50.2 Å². The smallest absolute Gasteiger partial charge is 0.241 e. The van der Waals surface area contributed by atoms with Crippen molar-refractivity contribution < 1.29 is 21.2 Å².